The number of aromatic nitrogens is 5. The van der Waals surface area contributed by atoms with Gasteiger partial charge in [0, 0.05) is 0 Å². The molecule has 0 fully saturated rings. The second kappa shape index (κ2) is 3.52. The maximum absolute atomic E-state index is 4.34. The molecular weight excluding hydrogens is 230 g/mol. The first kappa shape index (κ1) is 8.69. The SMILES string of the molecule is c1csc(-c2nc(-c3cnsn3)n[nH]2)c1. The molecule has 0 saturated heterocycles. The number of aromatic amines is 1. The lowest BCUT2D eigenvalue weighted by atomic mass is 10.4. The van der Waals surface area contributed by atoms with E-state index in [1.165, 1.54) is 0 Å². The van der Waals surface area contributed by atoms with Crippen molar-refractivity contribution in [2.75, 3.05) is 0 Å². The second-order valence-corrected chi connectivity index (χ2v) is 4.28. The van der Waals surface area contributed by atoms with Crippen molar-refractivity contribution in [1.29, 1.82) is 0 Å². The molecule has 0 aliphatic heterocycles. The third-order valence-corrected chi connectivity index (χ3v) is 3.19. The number of rotatable bonds is 2. The van der Waals surface area contributed by atoms with Crippen LogP contribution in [0.4, 0.5) is 0 Å². The minimum atomic E-state index is 0.590. The van der Waals surface area contributed by atoms with Gasteiger partial charge in [0.25, 0.3) is 0 Å². The molecule has 0 spiro atoms. The van der Waals surface area contributed by atoms with Crippen LogP contribution in [-0.4, -0.2) is 23.9 Å². The summed E-state index contributed by atoms with van der Waals surface area (Å²) in [6.45, 7) is 0. The Hall–Kier alpha value is -1.60. The van der Waals surface area contributed by atoms with E-state index in [1.54, 1.807) is 17.5 Å². The Labute approximate surface area is 93.2 Å². The van der Waals surface area contributed by atoms with Gasteiger partial charge in [0.1, 0.15) is 5.69 Å². The summed E-state index contributed by atoms with van der Waals surface area (Å²) in [4.78, 5) is 5.41. The van der Waals surface area contributed by atoms with Gasteiger partial charge in [-0.1, -0.05) is 6.07 Å². The van der Waals surface area contributed by atoms with Crippen molar-refractivity contribution in [3.63, 3.8) is 0 Å². The molecule has 3 rings (SSSR count). The Morgan fingerprint density at radius 1 is 1.33 bits per heavy atom. The van der Waals surface area contributed by atoms with Gasteiger partial charge in [-0.15, -0.1) is 11.3 Å². The lowest BCUT2D eigenvalue weighted by Gasteiger charge is -1.85. The molecule has 0 aromatic carbocycles. The normalized spacial score (nSPS) is 10.7. The number of nitrogens with zero attached hydrogens (tertiary/aromatic N) is 4. The van der Waals surface area contributed by atoms with Gasteiger partial charge in [-0.2, -0.15) is 13.8 Å². The summed E-state index contributed by atoms with van der Waals surface area (Å²) in [6, 6.07) is 3.97. The third-order valence-electron chi connectivity index (χ3n) is 1.83. The Morgan fingerprint density at radius 2 is 2.33 bits per heavy atom. The van der Waals surface area contributed by atoms with Crippen LogP contribution in [0.3, 0.4) is 0 Å². The van der Waals surface area contributed by atoms with Crippen LogP contribution in [-0.2, 0) is 0 Å². The molecule has 15 heavy (non-hydrogen) atoms. The minimum absolute atomic E-state index is 0.590. The highest BCUT2D eigenvalue weighted by Gasteiger charge is 2.09. The molecule has 1 N–H and O–H groups in total. The van der Waals surface area contributed by atoms with E-state index < -0.39 is 0 Å². The first-order valence-corrected chi connectivity index (χ1v) is 5.79. The van der Waals surface area contributed by atoms with Crippen molar-refractivity contribution >= 4 is 23.1 Å². The average Bonchev–Trinajstić information content (AvgIpc) is 3.02. The van der Waals surface area contributed by atoms with Crippen LogP contribution in [0.25, 0.3) is 22.2 Å². The van der Waals surface area contributed by atoms with Crippen LogP contribution in [0.2, 0.25) is 0 Å². The van der Waals surface area contributed by atoms with Crippen LogP contribution in [0.5, 0.6) is 0 Å². The minimum Gasteiger partial charge on any atom is -0.258 e. The van der Waals surface area contributed by atoms with Crippen molar-refractivity contribution in [3.05, 3.63) is 23.7 Å². The highest BCUT2D eigenvalue weighted by atomic mass is 32.1. The molecule has 0 saturated carbocycles. The largest absolute Gasteiger partial charge is 0.258 e. The van der Waals surface area contributed by atoms with Gasteiger partial charge < -0.3 is 0 Å². The first-order valence-electron chi connectivity index (χ1n) is 4.18. The molecule has 7 heteroatoms. The van der Waals surface area contributed by atoms with Crippen LogP contribution in [0, 0.1) is 0 Å². The van der Waals surface area contributed by atoms with Gasteiger partial charge in [-0.3, -0.25) is 5.10 Å². The van der Waals surface area contributed by atoms with E-state index in [4.69, 9.17) is 0 Å². The van der Waals surface area contributed by atoms with Crippen LogP contribution < -0.4 is 0 Å². The zero-order valence-corrected chi connectivity index (χ0v) is 9.05. The third kappa shape index (κ3) is 1.55. The predicted octanol–water partition coefficient (Wildman–Crippen LogP) is 2.05. The standard InChI is InChI=1S/C8H5N5S2/c1-2-6(14-3-1)8-10-7(11-12-8)5-4-9-15-13-5/h1-4H,(H,10,11,12). The maximum Gasteiger partial charge on any atom is 0.202 e. The Bertz CT molecular complexity index is 491. The van der Waals surface area contributed by atoms with E-state index in [0.29, 0.717) is 11.5 Å². The molecule has 0 unspecified atom stereocenters. The lowest BCUT2D eigenvalue weighted by molar-refractivity contribution is 1.10. The fourth-order valence-electron chi connectivity index (χ4n) is 1.16. The van der Waals surface area contributed by atoms with Gasteiger partial charge in [-0.05, 0) is 11.4 Å². The first-order chi connectivity index (χ1) is 7.43. The van der Waals surface area contributed by atoms with Crippen LogP contribution in [0.15, 0.2) is 23.7 Å². The van der Waals surface area contributed by atoms with Gasteiger partial charge in [0.2, 0.25) is 5.82 Å². The summed E-state index contributed by atoms with van der Waals surface area (Å²) in [7, 11) is 0. The molecule has 3 aromatic rings. The molecule has 5 nitrogen and oxygen atoms in total. The number of hydrogen-bond acceptors (Lipinski definition) is 6. The molecule has 3 heterocycles. The lowest BCUT2D eigenvalue weighted by Crippen LogP contribution is -1.78. The van der Waals surface area contributed by atoms with Crippen molar-refractivity contribution in [1.82, 2.24) is 23.9 Å². The number of H-pyrrole nitrogens is 1. The fraction of sp³-hybridized carbons (Fsp3) is 0. The van der Waals surface area contributed by atoms with Crippen molar-refractivity contribution < 1.29 is 0 Å². The molecule has 0 aliphatic rings. The number of nitrogens with one attached hydrogen (secondary N) is 1. The summed E-state index contributed by atoms with van der Waals surface area (Å²) >= 11 is 2.77. The molecule has 3 aromatic heterocycles. The van der Waals surface area contributed by atoms with Gasteiger partial charge >= 0.3 is 0 Å². The van der Waals surface area contributed by atoms with Crippen molar-refractivity contribution in [3.8, 4) is 22.2 Å². The van der Waals surface area contributed by atoms with E-state index in [9.17, 15) is 0 Å². The van der Waals surface area contributed by atoms with Gasteiger partial charge in [-0.25, -0.2) is 4.98 Å². The molecule has 0 amide bonds. The van der Waals surface area contributed by atoms with Crippen molar-refractivity contribution in [2.45, 2.75) is 0 Å². The zero-order chi connectivity index (χ0) is 10.1. The average molecular weight is 235 g/mol. The van der Waals surface area contributed by atoms with E-state index in [2.05, 4.69) is 23.9 Å². The summed E-state index contributed by atoms with van der Waals surface area (Å²) in [5, 5.41) is 8.97. The van der Waals surface area contributed by atoms with Gasteiger partial charge in [0.15, 0.2) is 5.82 Å². The molecule has 0 bridgehead atoms. The van der Waals surface area contributed by atoms with Gasteiger partial charge in [0.05, 0.1) is 22.8 Å². The van der Waals surface area contributed by atoms with E-state index in [-0.39, 0.29) is 0 Å². The van der Waals surface area contributed by atoms with Crippen LogP contribution in [0.1, 0.15) is 0 Å². The molecule has 0 radical (unpaired) electrons. The molecule has 74 valence electrons. The van der Waals surface area contributed by atoms with Crippen molar-refractivity contribution in [2.24, 2.45) is 0 Å². The smallest absolute Gasteiger partial charge is 0.202 e. The highest BCUT2D eigenvalue weighted by Crippen LogP contribution is 2.22. The summed E-state index contributed by atoms with van der Waals surface area (Å²) in [6.07, 6.45) is 1.66. The monoisotopic (exact) mass is 235 g/mol. The van der Waals surface area contributed by atoms with E-state index in [0.717, 1.165) is 22.4 Å². The Morgan fingerprint density at radius 3 is 3.07 bits per heavy atom. The summed E-state index contributed by atoms with van der Waals surface area (Å²) in [5.74, 6) is 1.36. The summed E-state index contributed by atoms with van der Waals surface area (Å²) in [5.41, 5.74) is 0.707. The number of hydrogen-bond donors (Lipinski definition) is 1. The van der Waals surface area contributed by atoms with E-state index >= 15 is 0 Å². The molecular formula is C8H5N5S2. The molecule has 0 atom stereocenters. The zero-order valence-electron chi connectivity index (χ0n) is 7.41. The van der Waals surface area contributed by atoms with Crippen LogP contribution >= 0.6 is 23.1 Å². The Kier molecular flexibility index (Phi) is 2.04. The quantitative estimate of drug-likeness (QED) is 0.738. The topological polar surface area (TPSA) is 67.3 Å². The second-order valence-electron chi connectivity index (χ2n) is 2.78. The number of thiophene rings is 1. The predicted molar refractivity (Wildman–Crippen MR) is 58.6 cm³/mol. The fourth-order valence-corrected chi connectivity index (χ4v) is 2.24. The maximum atomic E-state index is 4.34. The summed E-state index contributed by atoms with van der Waals surface area (Å²) < 4.78 is 7.98. The molecule has 0 aliphatic carbocycles. The Balaban J connectivity index is 2.02. The van der Waals surface area contributed by atoms with E-state index in [1.807, 2.05) is 17.5 Å². The highest BCUT2D eigenvalue weighted by molar-refractivity contribution is 7.13.